The molecule has 2 aliphatic rings. The molecule has 1 N–H and O–H groups in total. The van der Waals surface area contributed by atoms with Crippen LogP contribution in [0.5, 0.6) is 0 Å². The summed E-state index contributed by atoms with van der Waals surface area (Å²) in [5.74, 6) is 0.982. The van der Waals surface area contributed by atoms with E-state index in [0.29, 0.717) is 6.10 Å². The van der Waals surface area contributed by atoms with Crippen LogP contribution in [0.3, 0.4) is 0 Å². The van der Waals surface area contributed by atoms with E-state index in [4.69, 9.17) is 4.74 Å². The van der Waals surface area contributed by atoms with Crippen LogP contribution in [0.1, 0.15) is 32.6 Å². The molecule has 0 radical (unpaired) electrons. The fourth-order valence-electron chi connectivity index (χ4n) is 3.18. The zero-order valence-electron chi connectivity index (χ0n) is 10.7. The highest BCUT2D eigenvalue weighted by molar-refractivity contribution is 4.85. The van der Waals surface area contributed by atoms with Crippen molar-refractivity contribution in [3.63, 3.8) is 0 Å². The van der Waals surface area contributed by atoms with Crippen molar-refractivity contribution < 1.29 is 4.74 Å². The van der Waals surface area contributed by atoms with Crippen LogP contribution in [0.15, 0.2) is 0 Å². The number of morpholine rings is 1. The molecule has 0 bridgehead atoms. The summed E-state index contributed by atoms with van der Waals surface area (Å²) in [5, 5.41) is 3.22. The normalized spacial score (nSPS) is 36.8. The van der Waals surface area contributed by atoms with Crippen LogP contribution in [0.2, 0.25) is 0 Å². The number of nitrogens with one attached hydrogen (secondary N) is 1. The van der Waals surface area contributed by atoms with Gasteiger partial charge in [-0.3, -0.25) is 4.90 Å². The fourth-order valence-corrected chi connectivity index (χ4v) is 3.18. The second kappa shape index (κ2) is 5.99. The number of nitrogens with zero attached hydrogens (tertiary/aromatic N) is 1. The van der Waals surface area contributed by atoms with Gasteiger partial charge in [0.25, 0.3) is 0 Å². The van der Waals surface area contributed by atoms with Gasteiger partial charge in [-0.25, -0.2) is 0 Å². The fraction of sp³-hybridized carbons (Fsp3) is 1.00. The summed E-state index contributed by atoms with van der Waals surface area (Å²) >= 11 is 0. The molecule has 3 heteroatoms. The second-order valence-corrected chi connectivity index (χ2v) is 5.29. The van der Waals surface area contributed by atoms with E-state index in [9.17, 15) is 0 Å². The van der Waals surface area contributed by atoms with Gasteiger partial charge in [-0.05, 0) is 32.2 Å². The Hall–Kier alpha value is -0.120. The van der Waals surface area contributed by atoms with Crippen LogP contribution in [0.25, 0.3) is 0 Å². The molecule has 2 rings (SSSR count). The van der Waals surface area contributed by atoms with Gasteiger partial charge in [-0.2, -0.15) is 0 Å². The van der Waals surface area contributed by atoms with Crippen LogP contribution in [-0.2, 0) is 4.74 Å². The maximum atomic E-state index is 5.76. The molecule has 1 aliphatic carbocycles. The van der Waals surface area contributed by atoms with Crippen molar-refractivity contribution in [2.75, 3.05) is 33.3 Å². The monoisotopic (exact) mass is 226 g/mol. The van der Waals surface area contributed by atoms with Gasteiger partial charge >= 0.3 is 0 Å². The van der Waals surface area contributed by atoms with E-state index in [0.717, 1.165) is 38.2 Å². The average Bonchev–Trinajstić information content (AvgIpc) is 2.78. The molecule has 1 aliphatic heterocycles. The van der Waals surface area contributed by atoms with Crippen LogP contribution in [0.4, 0.5) is 0 Å². The molecule has 3 atom stereocenters. The number of hydrogen-bond donors (Lipinski definition) is 1. The second-order valence-electron chi connectivity index (χ2n) is 5.29. The molecule has 2 fully saturated rings. The minimum atomic E-state index is 0.402. The third-order valence-electron chi connectivity index (χ3n) is 4.21. The lowest BCUT2D eigenvalue weighted by atomic mass is 10.0. The lowest BCUT2D eigenvalue weighted by Gasteiger charge is -2.37. The van der Waals surface area contributed by atoms with Crippen LogP contribution in [0, 0.1) is 5.92 Å². The Morgan fingerprint density at radius 3 is 2.94 bits per heavy atom. The zero-order chi connectivity index (χ0) is 11.4. The molecule has 3 nitrogen and oxygen atoms in total. The van der Waals surface area contributed by atoms with Gasteiger partial charge in [0, 0.05) is 25.7 Å². The summed E-state index contributed by atoms with van der Waals surface area (Å²) in [7, 11) is 2.00. The summed E-state index contributed by atoms with van der Waals surface area (Å²) in [6.45, 7) is 6.50. The van der Waals surface area contributed by atoms with Crippen LogP contribution < -0.4 is 5.32 Å². The lowest BCUT2D eigenvalue weighted by Crippen LogP contribution is -2.49. The maximum Gasteiger partial charge on any atom is 0.0826 e. The predicted octanol–water partition coefficient (Wildman–Crippen LogP) is 1.49. The van der Waals surface area contributed by atoms with Gasteiger partial charge in [0.05, 0.1) is 12.7 Å². The highest BCUT2D eigenvalue weighted by Gasteiger charge is 2.31. The maximum absolute atomic E-state index is 5.76. The summed E-state index contributed by atoms with van der Waals surface area (Å²) < 4.78 is 5.76. The Balaban J connectivity index is 1.80. The zero-order valence-corrected chi connectivity index (χ0v) is 10.7. The standard InChI is InChI=1S/C13H26N2O/c1-3-11-4-5-12(8-11)15-6-7-16-13(10-15)9-14-2/h11-14H,3-10H2,1-2H3. The largest absolute Gasteiger partial charge is 0.374 e. The first-order chi connectivity index (χ1) is 7.83. The lowest BCUT2D eigenvalue weighted by molar-refractivity contribution is -0.0407. The molecule has 1 heterocycles. The molecule has 0 aromatic rings. The van der Waals surface area contributed by atoms with E-state index in [1.54, 1.807) is 0 Å². The number of rotatable bonds is 4. The van der Waals surface area contributed by atoms with Gasteiger partial charge in [0.15, 0.2) is 0 Å². The molecule has 3 unspecified atom stereocenters. The summed E-state index contributed by atoms with van der Waals surface area (Å²) in [5.41, 5.74) is 0. The topological polar surface area (TPSA) is 24.5 Å². The van der Waals surface area contributed by atoms with E-state index in [2.05, 4.69) is 17.1 Å². The van der Waals surface area contributed by atoms with Gasteiger partial charge < -0.3 is 10.1 Å². The molecule has 0 amide bonds. The Kier molecular flexibility index (Phi) is 4.62. The smallest absolute Gasteiger partial charge is 0.0826 e. The van der Waals surface area contributed by atoms with Crippen molar-refractivity contribution in [3.8, 4) is 0 Å². The Bertz CT molecular complexity index is 208. The van der Waals surface area contributed by atoms with Crippen molar-refractivity contribution in [1.29, 1.82) is 0 Å². The number of ether oxygens (including phenoxy) is 1. The SMILES string of the molecule is CCC1CCC(N2CCOC(CNC)C2)C1. The number of hydrogen-bond acceptors (Lipinski definition) is 3. The Labute approximate surface area is 99.5 Å². The minimum absolute atomic E-state index is 0.402. The average molecular weight is 226 g/mol. The van der Waals surface area contributed by atoms with Crippen molar-refractivity contribution in [2.45, 2.75) is 44.8 Å². The number of likely N-dealkylation sites (N-methyl/N-ethyl adjacent to an activating group) is 1. The quantitative estimate of drug-likeness (QED) is 0.786. The molecular formula is C13H26N2O. The van der Waals surface area contributed by atoms with E-state index in [1.165, 1.54) is 25.7 Å². The minimum Gasteiger partial charge on any atom is -0.374 e. The van der Waals surface area contributed by atoms with Crippen molar-refractivity contribution in [3.05, 3.63) is 0 Å². The van der Waals surface area contributed by atoms with E-state index in [-0.39, 0.29) is 0 Å². The summed E-state index contributed by atoms with van der Waals surface area (Å²) in [4.78, 5) is 2.67. The predicted molar refractivity (Wildman–Crippen MR) is 66.7 cm³/mol. The van der Waals surface area contributed by atoms with E-state index >= 15 is 0 Å². The highest BCUT2D eigenvalue weighted by Crippen LogP contribution is 2.32. The van der Waals surface area contributed by atoms with Crippen molar-refractivity contribution >= 4 is 0 Å². The van der Waals surface area contributed by atoms with Gasteiger partial charge in [0.1, 0.15) is 0 Å². The Morgan fingerprint density at radius 2 is 2.25 bits per heavy atom. The van der Waals surface area contributed by atoms with Crippen molar-refractivity contribution in [2.24, 2.45) is 5.92 Å². The molecule has 0 aromatic carbocycles. The van der Waals surface area contributed by atoms with E-state index in [1.807, 2.05) is 7.05 Å². The first-order valence-electron chi connectivity index (χ1n) is 6.83. The molecular weight excluding hydrogens is 200 g/mol. The van der Waals surface area contributed by atoms with Crippen LogP contribution in [-0.4, -0.2) is 50.3 Å². The highest BCUT2D eigenvalue weighted by atomic mass is 16.5. The third kappa shape index (κ3) is 2.96. The van der Waals surface area contributed by atoms with E-state index < -0.39 is 0 Å². The van der Waals surface area contributed by atoms with Gasteiger partial charge in [0.2, 0.25) is 0 Å². The molecule has 1 saturated heterocycles. The first kappa shape index (κ1) is 12.3. The molecule has 0 aromatic heterocycles. The van der Waals surface area contributed by atoms with Crippen molar-refractivity contribution in [1.82, 2.24) is 10.2 Å². The molecule has 0 spiro atoms. The first-order valence-corrected chi connectivity index (χ1v) is 6.83. The van der Waals surface area contributed by atoms with Crippen LogP contribution >= 0.6 is 0 Å². The third-order valence-corrected chi connectivity index (χ3v) is 4.21. The summed E-state index contributed by atoms with van der Waals surface area (Å²) in [6, 6.07) is 0.841. The summed E-state index contributed by atoms with van der Waals surface area (Å²) in [6.07, 6.45) is 6.03. The molecule has 94 valence electrons. The van der Waals surface area contributed by atoms with Gasteiger partial charge in [-0.15, -0.1) is 0 Å². The molecule has 16 heavy (non-hydrogen) atoms. The Morgan fingerprint density at radius 1 is 1.38 bits per heavy atom. The molecule has 1 saturated carbocycles. The van der Waals surface area contributed by atoms with Gasteiger partial charge in [-0.1, -0.05) is 13.3 Å².